The molecule has 306 valence electrons. The van der Waals surface area contributed by atoms with Crippen LogP contribution in [0.25, 0.3) is 11.1 Å². The van der Waals surface area contributed by atoms with Crippen molar-refractivity contribution in [3.63, 3.8) is 0 Å². The van der Waals surface area contributed by atoms with Crippen molar-refractivity contribution in [2.24, 2.45) is 0 Å². The van der Waals surface area contributed by atoms with Crippen LogP contribution in [0.5, 0.6) is 0 Å². The smallest absolute Gasteiger partial charge is 0.407 e. The van der Waals surface area contributed by atoms with Crippen molar-refractivity contribution in [2.45, 2.75) is 69.2 Å². The first-order chi connectivity index (χ1) is 28.9. The first-order valence-electron chi connectivity index (χ1n) is 20.0. The molecule has 3 N–H and O–H groups in total. The molecule has 11 nitrogen and oxygen atoms in total. The number of nitrogens with zero attached hydrogens (tertiary/aromatic N) is 2. The van der Waals surface area contributed by atoms with Gasteiger partial charge in [0.25, 0.3) is 0 Å². The molecule has 2 amide bonds. The van der Waals surface area contributed by atoms with Crippen molar-refractivity contribution in [3.05, 3.63) is 186 Å². The van der Waals surface area contributed by atoms with Crippen LogP contribution in [-0.2, 0) is 35.8 Å². The molecular formula is C49H48N4O7. The zero-order valence-electron chi connectivity index (χ0n) is 33.8. The molecule has 7 rings (SSSR count). The molecule has 0 saturated heterocycles. The van der Waals surface area contributed by atoms with Crippen molar-refractivity contribution >= 4 is 23.9 Å². The standard InChI is InChI=1S/C49H48N4O7/c1-48(2,3)60-44(54)28-27-42(52-47(58)59-31-41-39-25-15-13-23-37(39)38-24-14-16-26-40(38)41)45(55)51-43(46(56)57)29-36-30-53(32-50-36)49(33-17-7-4-8-18-33,34-19-9-5-10-20-34)35-21-11-6-12-22-35/h4-26,30,32,41-43H,27-29,31H2,1-3H3,(H,51,55)(H,52,58)(H,56,57)/t42-,43-/m0/s1. The third kappa shape index (κ3) is 9.00. The summed E-state index contributed by atoms with van der Waals surface area (Å²) in [5.41, 5.74) is 5.80. The fourth-order valence-corrected chi connectivity index (χ4v) is 8.03. The molecule has 0 radical (unpaired) electrons. The van der Waals surface area contributed by atoms with Gasteiger partial charge in [-0.15, -0.1) is 0 Å². The minimum atomic E-state index is -1.44. The Balaban J connectivity index is 1.11. The summed E-state index contributed by atoms with van der Waals surface area (Å²) in [5, 5.41) is 15.6. The summed E-state index contributed by atoms with van der Waals surface area (Å²) < 4.78 is 13.1. The van der Waals surface area contributed by atoms with Crippen LogP contribution < -0.4 is 10.6 Å². The first-order valence-corrected chi connectivity index (χ1v) is 20.0. The van der Waals surface area contributed by atoms with Gasteiger partial charge in [-0.1, -0.05) is 140 Å². The molecular weight excluding hydrogens is 757 g/mol. The van der Waals surface area contributed by atoms with Crippen LogP contribution in [0.15, 0.2) is 152 Å². The predicted molar refractivity (Wildman–Crippen MR) is 227 cm³/mol. The highest BCUT2D eigenvalue weighted by atomic mass is 16.6. The maximum absolute atomic E-state index is 14.0. The number of carboxylic acids is 1. The molecule has 0 fully saturated rings. The van der Waals surface area contributed by atoms with E-state index in [1.807, 2.05) is 144 Å². The van der Waals surface area contributed by atoms with Crippen molar-refractivity contribution in [3.8, 4) is 11.1 Å². The molecule has 0 aliphatic heterocycles. The number of aliphatic carboxylic acids is 1. The van der Waals surface area contributed by atoms with Gasteiger partial charge in [-0.3, -0.25) is 9.59 Å². The van der Waals surface area contributed by atoms with E-state index in [0.29, 0.717) is 5.69 Å². The highest BCUT2D eigenvalue weighted by Gasteiger charge is 2.39. The number of esters is 1. The molecule has 0 bridgehead atoms. The summed E-state index contributed by atoms with van der Waals surface area (Å²) in [7, 11) is 0. The fraction of sp³-hybridized carbons (Fsp3) is 0.245. The Morgan fingerprint density at radius 3 is 1.70 bits per heavy atom. The number of carbonyl (C=O) groups excluding carboxylic acids is 3. The van der Waals surface area contributed by atoms with E-state index >= 15 is 0 Å². The molecule has 6 aromatic rings. The van der Waals surface area contributed by atoms with Crippen molar-refractivity contribution < 1.29 is 33.8 Å². The van der Waals surface area contributed by atoms with Gasteiger partial charge in [0.15, 0.2) is 0 Å². The maximum atomic E-state index is 14.0. The Hall–Kier alpha value is -7.01. The Kier molecular flexibility index (Phi) is 12.3. The highest BCUT2D eigenvalue weighted by Crippen LogP contribution is 2.45. The van der Waals surface area contributed by atoms with Crippen molar-refractivity contribution in [2.75, 3.05) is 6.61 Å². The largest absolute Gasteiger partial charge is 0.480 e. The minimum Gasteiger partial charge on any atom is -0.480 e. The topological polar surface area (TPSA) is 149 Å². The Labute approximate surface area is 349 Å². The summed E-state index contributed by atoms with van der Waals surface area (Å²) in [6.45, 7) is 5.18. The number of aromatic nitrogens is 2. The second kappa shape index (κ2) is 17.9. The molecule has 11 heteroatoms. The zero-order chi connectivity index (χ0) is 42.3. The van der Waals surface area contributed by atoms with Gasteiger partial charge in [-0.25, -0.2) is 14.6 Å². The number of alkyl carbamates (subject to hydrolysis) is 1. The quantitative estimate of drug-likeness (QED) is 0.0702. The number of fused-ring (bicyclic) bond motifs is 3. The molecule has 2 atom stereocenters. The number of rotatable bonds is 15. The lowest BCUT2D eigenvalue weighted by atomic mass is 9.77. The second-order valence-electron chi connectivity index (χ2n) is 15.8. The molecule has 1 aromatic heterocycles. The summed E-state index contributed by atoms with van der Waals surface area (Å²) in [6.07, 6.45) is 2.02. The van der Waals surface area contributed by atoms with Gasteiger partial charge in [0.2, 0.25) is 5.91 Å². The molecule has 1 heterocycles. The van der Waals surface area contributed by atoms with E-state index in [1.54, 1.807) is 33.3 Å². The van der Waals surface area contributed by atoms with E-state index in [1.165, 1.54) is 0 Å². The number of carboxylic acid groups (broad SMARTS) is 1. The van der Waals surface area contributed by atoms with Gasteiger partial charge in [0.05, 0.1) is 12.0 Å². The van der Waals surface area contributed by atoms with Gasteiger partial charge in [0, 0.05) is 25.0 Å². The maximum Gasteiger partial charge on any atom is 0.407 e. The van der Waals surface area contributed by atoms with Crippen LogP contribution in [0.1, 0.15) is 73.0 Å². The van der Waals surface area contributed by atoms with Crippen LogP contribution in [-0.4, -0.2) is 62.9 Å². The number of benzene rings is 5. The molecule has 0 saturated carbocycles. The molecule has 1 aliphatic rings. The number of hydrogen-bond donors (Lipinski definition) is 3. The van der Waals surface area contributed by atoms with E-state index in [-0.39, 0.29) is 31.8 Å². The summed E-state index contributed by atoms with van der Waals surface area (Å²) >= 11 is 0. The SMILES string of the molecule is CC(C)(C)OC(=O)CC[C@H](NC(=O)OCC1c2ccccc2-c2ccccc21)C(=O)N[C@@H](Cc1cn(C(c2ccccc2)(c2ccccc2)c2ccccc2)cn1)C(=O)O. The monoisotopic (exact) mass is 804 g/mol. The number of carbonyl (C=O) groups is 4. The lowest BCUT2D eigenvalue weighted by Crippen LogP contribution is -2.52. The predicted octanol–water partition coefficient (Wildman–Crippen LogP) is 7.86. The third-order valence-electron chi connectivity index (χ3n) is 10.6. The normalized spacial score (nSPS) is 13.3. The van der Waals surface area contributed by atoms with E-state index < -0.39 is 47.2 Å². The third-order valence-corrected chi connectivity index (χ3v) is 10.6. The van der Waals surface area contributed by atoms with Gasteiger partial charge in [-0.05, 0) is 66.1 Å². The van der Waals surface area contributed by atoms with Crippen LogP contribution in [0.3, 0.4) is 0 Å². The Morgan fingerprint density at radius 1 is 0.700 bits per heavy atom. The van der Waals surface area contributed by atoms with Crippen LogP contribution in [0, 0.1) is 0 Å². The summed E-state index contributed by atoms with van der Waals surface area (Å²) in [5.74, 6) is -2.90. The van der Waals surface area contributed by atoms with E-state index in [4.69, 9.17) is 9.47 Å². The number of amides is 2. The van der Waals surface area contributed by atoms with Gasteiger partial charge < -0.3 is 29.8 Å². The highest BCUT2D eigenvalue weighted by molar-refractivity contribution is 5.90. The molecule has 0 spiro atoms. The summed E-state index contributed by atoms with van der Waals surface area (Å²) in [6, 6.07) is 43.0. The molecule has 5 aromatic carbocycles. The van der Waals surface area contributed by atoms with Gasteiger partial charge >= 0.3 is 18.0 Å². The molecule has 60 heavy (non-hydrogen) atoms. The number of nitrogens with one attached hydrogen (secondary N) is 2. The zero-order valence-corrected chi connectivity index (χ0v) is 33.8. The molecule has 1 aliphatic carbocycles. The van der Waals surface area contributed by atoms with Crippen LogP contribution in [0.4, 0.5) is 4.79 Å². The first kappa shape index (κ1) is 41.2. The van der Waals surface area contributed by atoms with Crippen molar-refractivity contribution in [1.82, 2.24) is 20.2 Å². The van der Waals surface area contributed by atoms with E-state index in [2.05, 4.69) is 15.6 Å². The number of ether oxygens (including phenoxy) is 2. The Morgan fingerprint density at radius 2 is 1.20 bits per heavy atom. The van der Waals surface area contributed by atoms with E-state index in [0.717, 1.165) is 38.9 Å². The lowest BCUT2D eigenvalue weighted by Gasteiger charge is -2.37. The fourth-order valence-electron chi connectivity index (χ4n) is 8.03. The molecule has 0 unspecified atom stereocenters. The summed E-state index contributed by atoms with van der Waals surface area (Å²) in [4.78, 5) is 57.6. The Bertz CT molecular complexity index is 2300. The van der Waals surface area contributed by atoms with Crippen LogP contribution in [0.2, 0.25) is 0 Å². The number of hydrogen-bond acceptors (Lipinski definition) is 7. The average molecular weight is 805 g/mol. The minimum absolute atomic E-state index is 0.00287. The van der Waals surface area contributed by atoms with Gasteiger partial charge in [-0.2, -0.15) is 0 Å². The van der Waals surface area contributed by atoms with Gasteiger partial charge in [0.1, 0.15) is 29.8 Å². The van der Waals surface area contributed by atoms with Crippen LogP contribution >= 0.6 is 0 Å². The van der Waals surface area contributed by atoms with Crippen molar-refractivity contribution in [1.29, 1.82) is 0 Å². The lowest BCUT2D eigenvalue weighted by molar-refractivity contribution is -0.155. The number of imidazole rings is 1. The average Bonchev–Trinajstić information content (AvgIpc) is 3.84. The van der Waals surface area contributed by atoms with E-state index in [9.17, 15) is 24.3 Å². The second-order valence-corrected chi connectivity index (χ2v) is 15.8.